The maximum atomic E-state index is 11.8. The predicted octanol–water partition coefficient (Wildman–Crippen LogP) is -0.690. The van der Waals surface area contributed by atoms with Gasteiger partial charge in [0.1, 0.15) is 35.6 Å². The Balaban J connectivity index is 2.30. The van der Waals surface area contributed by atoms with E-state index in [0.29, 0.717) is 0 Å². The van der Waals surface area contributed by atoms with E-state index in [0.717, 1.165) is 0 Å². The Morgan fingerprint density at radius 3 is 2.46 bits per heavy atom. The normalized spacial score (nSPS) is 33.2. The average molecular weight is 342 g/mol. The molecule has 0 aromatic heterocycles. The van der Waals surface area contributed by atoms with E-state index in [2.05, 4.69) is 0 Å². The van der Waals surface area contributed by atoms with Gasteiger partial charge in [0.2, 0.25) is 6.29 Å². The fourth-order valence-electron chi connectivity index (χ4n) is 2.55. The molecule has 0 unspecified atom stereocenters. The van der Waals surface area contributed by atoms with Gasteiger partial charge in [-0.1, -0.05) is 6.92 Å². The third-order valence-electron chi connectivity index (χ3n) is 4.06. The quantitative estimate of drug-likeness (QED) is 0.458. The number of carbonyl (C=O) groups excluding carboxylic acids is 1. The number of benzene rings is 1. The number of phenolic OH excluding ortho intramolecular Hbond substituents is 1. The first-order chi connectivity index (χ1) is 11.3. The molecule has 24 heavy (non-hydrogen) atoms. The second-order valence-electron chi connectivity index (χ2n) is 5.80. The highest BCUT2D eigenvalue weighted by atomic mass is 16.7. The van der Waals surface area contributed by atoms with E-state index in [9.17, 15) is 30.3 Å². The van der Waals surface area contributed by atoms with Crippen LogP contribution in [0.25, 0.3) is 0 Å². The van der Waals surface area contributed by atoms with Gasteiger partial charge in [-0.3, -0.25) is 4.79 Å². The smallest absolute Gasteiger partial charge is 0.232 e. The lowest BCUT2D eigenvalue weighted by atomic mass is 9.82. The summed E-state index contributed by atoms with van der Waals surface area (Å²) in [5, 5.41) is 49.6. The van der Waals surface area contributed by atoms with Crippen LogP contribution in [0.3, 0.4) is 0 Å². The van der Waals surface area contributed by atoms with Crippen LogP contribution in [0.1, 0.15) is 19.8 Å². The summed E-state index contributed by atoms with van der Waals surface area (Å²) in [5.41, 5.74) is -2.18. The summed E-state index contributed by atoms with van der Waals surface area (Å²) in [7, 11) is 0. The van der Waals surface area contributed by atoms with Gasteiger partial charge in [-0.2, -0.15) is 0 Å². The average Bonchev–Trinajstić information content (AvgIpc) is 2.57. The first kappa shape index (κ1) is 18.6. The third-order valence-corrected chi connectivity index (χ3v) is 4.06. The second-order valence-corrected chi connectivity index (χ2v) is 5.80. The highest BCUT2D eigenvalue weighted by Crippen LogP contribution is 2.35. The number of carbonyl (C=O) groups is 1. The lowest BCUT2D eigenvalue weighted by molar-refractivity contribution is -0.320. The summed E-state index contributed by atoms with van der Waals surface area (Å²) in [4.78, 5) is 11.8. The molecule has 8 heteroatoms. The molecule has 0 radical (unpaired) electrons. The van der Waals surface area contributed by atoms with Crippen LogP contribution in [-0.4, -0.2) is 68.1 Å². The standard InChI is InChI=1S/C16H22O8/c1-2-9(18)7-16(22)14(21)13(20)12(8-17)24-15(16)23-11-5-3-10(19)4-6-11/h3-6,12-15,17,19-22H,2,7-8H2,1H3/t12-,13-,14+,15-,16-/m1/s1. The molecule has 0 aliphatic carbocycles. The molecule has 1 aliphatic rings. The first-order valence-corrected chi connectivity index (χ1v) is 7.64. The van der Waals surface area contributed by atoms with Gasteiger partial charge in [-0.25, -0.2) is 0 Å². The lowest BCUT2D eigenvalue weighted by Gasteiger charge is -2.47. The van der Waals surface area contributed by atoms with Gasteiger partial charge in [0, 0.05) is 12.8 Å². The molecule has 0 amide bonds. The lowest BCUT2D eigenvalue weighted by Crippen LogP contribution is -2.68. The van der Waals surface area contributed by atoms with Crippen molar-refractivity contribution in [3.05, 3.63) is 24.3 Å². The van der Waals surface area contributed by atoms with Gasteiger partial charge >= 0.3 is 0 Å². The molecule has 1 heterocycles. The molecule has 5 atom stereocenters. The van der Waals surface area contributed by atoms with Crippen molar-refractivity contribution >= 4 is 5.78 Å². The Labute approximate surface area is 138 Å². The molecule has 1 aromatic rings. The zero-order valence-corrected chi connectivity index (χ0v) is 13.2. The molecule has 0 saturated carbocycles. The maximum absolute atomic E-state index is 11.8. The van der Waals surface area contributed by atoms with Crippen LogP contribution in [0.15, 0.2) is 24.3 Å². The summed E-state index contributed by atoms with van der Waals surface area (Å²) < 4.78 is 10.9. The topological polar surface area (TPSA) is 137 Å². The number of aliphatic hydroxyl groups excluding tert-OH is 3. The number of hydrogen-bond donors (Lipinski definition) is 5. The van der Waals surface area contributed by atoms with Gasteiger partial charge in [0.05, 0.1) is 6.61 Å². The molecule has 0 spiro atoms. The van der Waals surface area contributed by atoms with Crippen LogP contribution < -0.4 is 4.74 Å². The van der Waals surface area contributed by atoms with E-state index in [1.54, 1.807) is 6.92 Å². The van der Waals surface area contributed by atoms with Crippen LogP contribution in [0.2, 0.25) is 0 Å². The summed E-state index contributed by atoms with van der Waals surface area (Å²) in [6, 6.07) is 5.52. The minimum atomic E-state index is -2.18. The van der Waals surface area contributed by atoms with Crippen molar-refractivity contribution in [2.75, 3.05) is 6.61 Å². The van der Waals surface area contributed by atoms with Crippen molar-refractivity contribution in [1.29, 1.82) is 0 Å². The van der Waals surface area contributed by atoms with E-state index in [1.165, 1.54) is 24.3 Å². The number of phenols is 1. The zero-order valence-electron chi connectivity index (χ0n) is 13.2. The van der Waals surface area contributed by atoms with Crippen molar-refractivity contribution in [2.45, 2.75) is 50.0 Å². The molecule has 5 N–H and O–H groups in total. The second kappa shape index (κ2) is 7.45. The van der Waals surface area contributed by atoms with Crippen LogP contribution in [-0.2, 0) is 9.53 Å². The van der Waals surface area contributed by atoms with E-state index in [4.69, 9.17) is 9.47 Å². The predicted molar refractivity (Wildman–Crippen MR) is 81.4 cm³/mol. The van der Waals surface area contributed by atoms with Gasteiger partial charge in [-0.15, -0.1) is 0 Å². The number of ether oxygens (including phenoxy) is 2. The summed E-state index contributed by atoms with van der Waals surface area (Å²) in [5.74, 6) is -0.137. The Kier molecular flexibility index (Phi) is 5.79. The molecule has 2 rings (SSSR count). The highest BCUT2D eigenvalue weighted by Gasteiger charge is 2.56. The molecule has 134 valence electrons. The molecular weight excluding hydrogens is 320 g/mol. The number of hydrogen-bond acceptors (Lipinski definition) is 8. The number of aromatic hydroxyl groups is 1. The fourth-order valence-corrected chi connectivity index (χ4v) is 2.55. The van der Waals surface area contributed by atoms with Crippen LogP contribution in [0.4, 0.5) is 0 Å². The molecule has 1 aromatic carbocycles. The van der Waals surface area contributed by atoms with Crippen molar-refractivity contribution in [2.24, 2.45) is 0 Å². The van der Waals surface area contributed by atoms with E-state index >= 15 is 0 Å². The van der Waals surface area contributed by atoms with E-state index < -0.39 is 43.2 Å². The third kappa shape index (κ3) is 3.68. The van der Waals surface area contributed by atoms with Crippen molar-refractivity contribution in [1.82, 2.24) is 0 Å². The Bertz CT molecular complexity index is 560. The molecule has 1 saturated heterocycles. The molecule has 1 aliphatic heterocycles. The summed E-state index contributed by atoms with van der Waals surface area (Å²) in [6.07, 6.45) is -6.36. The van der Waals surface area contributed by atoms with Crippen LogP contribution >= 0.6 is 0 Å². The minimum Gasteiger partial charge on any atom is -0.508 e. The maximum Gasteiger partial charge on any atom is 0.232 e. The highest BCUT2D eigenvalue weighted by molar-refractivity contribution is 5.79. The van der Waals surface area contributed by atoms with Gasteiger partial charge in [-0.05, 0) is 24.3 Å². The SMILES string of the molecule is CCC(=O)C[C@]1(O)[C@H](Oc2ccc(O)cc2)O[C@H](CO)[C@@H](O)[C@@H]1O. The summed E-state index contributed by atoms with van der Waals surface area (Å²) in [6.45, 7) is 0.996. The summed E-state index contributed by atoms with van der Waals surface area (Å²) >= 11 is 0. The van der Waals surface area contributed by atoms with Gasteiger partial charge in [0.15, 0.2) is 5.60 Å². The molecule has 1 fully saturated rings. The monoisotopic (exact) mass is 342 g/mol. The van der Waals surface area contributed by atoms with Crippen molar-refractivity contribution in [3.8, 4) is 11.5 Å². The van der Waals surface area contributed by atoms with E-state index in [-0.39, 0.29) is 23.7 Å². The Morgan fingerprint density at radius 1 is 1.29 bits per heavy atom. The minimum absolute atomic E-state index is 0.00651. The largest absolute Gasteiger partial charge is 0.508 e. The fraction of sp³-hybridized carbons (Fsp3) is 0.562. The Morgan fingerprint density at radius 2 is 1.92 bits per heavy atom. The molecule has 8 nitrogen and oxygen atoms in total. The van der Waals surface area contributed by atoms with Crippen molar-refractivity contribution < 1.29 is 39.8 Å². The molecule has 0 bridgehead atoms. The van der Waals surface area contributed by atoms with Gasteiger partial charge in [0.25, 0.3) is 0 Å². The van der Waals surface area contributed by atoms with Crippen LogP contribution in [0.5, 0.6) is 11.5 Å². The molecular formula is C16H22O8. The van der Waals surface area contributed by atoms with E-state index in [1.807, 2.05) is 0 Å². The zero-order chi connectivity index (χ0) is 17.9. The number of Topliss-reactive ketones (excluding diaryl/α,β-unsaturated/α-hetero) is 1. The number of rotatable bonds is 6. The number of aliphatic hydroxyl groups is 4. The van der Waals surface area contributed by atoms with Gasteiger partial charge < -0.3 is 35.0 Å². The van der Waals surface area contributed by atoms with Crippen molar-refractivity contribution in [3.63, 3.8) is 0 Å². The first-order valence-electron chi connectivity index (χ1n) is 7.64. The number of ketones is 1. The van der Waals surface area contributed by atoms with Crippen LogP contribution in [0, 0.1) is 0 Å². The Hall–Kier alpha value is -1.71.